The molecule has 6 heteroatoms. The zero-order chi connectivity index (χ0) is 18.9. The van der Waals surface area contributed by atoms with Crippen LogP contribution in [0.4, 0.5) is 5.69 Å². The molecule has 2 saturated heterocycles. The molecule has 1 amide bonds. The monoisotopic (exact) mass is 398 g/mol. The maximum atomic E-state index is 11.7. The lowest BCUT2D eigenvalue weighted by Crippen LogP contribution is -2.49. The first-order valence-corrected chi connectivity index (χ1v) is 11.7. The summed E-state index contributed by atoms with van der Waals surface area (Å²) < 4.78 is 1.28. The van der Waals surface area contributed by atoms with Gasteiger partial charge in [0.2, 0.25) is 5.91 Å². The lowest BCUT2D eigenvalue weighted by Gasteiger charge is -2.41. The van der Waals surface area contributed by atoms with Crippen LogP contribution in [-0.4, -0.2) is 54.6 Å². The van der Waals surface area contributed by atoms with Gasteiger partial charge in [0.05, 0.1) is 16.6 Å². The number of carbonyl (C=O) groups excluding carboxylic acids is 1. The SMILES string of the molecule is O=C1CCC2CCC(CCN3CCN(c4cncc5sccc45)CC3)CC2N1. The van der Waals surface area contributed by atoms with Gasteiger partial charge in [0, 0.05) is 50.2 Å². The predicted molar refractivity (Wildman–Crippen MR) is 115 cm³/mol. The molecular formula is C22H30N4OS. The molecule has 2 aliphatic heterocycles. The van der Waals surface area contributed by atoms with E-state index < -0.39 is 0 Å². The molecule has 1 aliphatic carbocycles. The molecule has 2 aromatic rings. The number of hydrogen-bond acceptors (Lipinski definition) is 5. The predicted octanol–water partition coefficient (Wildman–Crippen LogP) is 3.50. The highest BCUT2D eigenvalue weighted by Crippen LogP contribution is 2.36. The summed E-state index contributed by atoms with van der Waals surface area (Å²) in [7, 11) is 0. The van der Waals surface area contributed by atoms with Gasteiger partial charge in [-0.25, -0.2) is 0 Å². The van der Waals surface area contributed by atoms with Gasteiger partial charge < -0.3 is 10.2 Å². The molecule has 4 heterocycles. The Hall–Kier alpha value is -1.66. The van der Waals surface area contributed by atoms with E-state index in [2.05, 4.69) is 31.5 Å². The van der Waals surface area contributed by atoms with Crippen molar-refractivity contribution in [3.63, 3.8) is 0 Å². The van der Waals surface area contributed by atoms with Crippen LogP contribution in [0.5, 0.6) is 0 Å². The second-order valence-corrected chi connectivity index (χ2v) is 9.71. The van der Waals surface area contributed by atoms with Crippen molar-refractivity contribution < 1.29 is 4.79 Å². The Kier molecular flexibility index (Phi) is 5.24. The number of carbonyl (C=O) groups is 1. The van der Waals surface area contributed by atoms with Gasteiger partial charge in [-0.1, -0.05) is 0 Å². The number of nitrogens with zero attached hydrogens (tertiary/aromatic N) is 3. The minimum absolute atomic E-state index is 0.271. The van der Waals surface area contributed by atoms with Crippen molar-refractivity contribution >= 4 is 33.0 Å². The Balaban J connectivity index is 1.11. The standard InChI is InChI=1S/C22H30N4OS/c27-22-4-3-17-2-1-16(13-19(17)24-22)5-7-25-8-10-26(11-9-25)20-14-23-15-21-18(20)6-12-28-21/h6,12,14-17,19H,1-5,7-11,13H2,(H,24,27). The number of pyridine rings is 1. The van der Waals surface area contributed by atoms with Gasteiger partial charge in [-0.3, -0.25) is 14.7 Å². The lowest BCUT2D eigenvalue weighted by molar-refractivity contribution is -0.125. The maximum absolute atomic E-state index is 11.7. The quantitative estimate of drug-likeness (QED) is 0.856. The number of anilines is 1. The molecule has 3 fully saturated rings. The molecule has 3 aliphatic rings. The van der Waals surface area contributed by atoms with Crippen molar-refractivity contribution in [1.82, 2.24) is 15.2 Å². The van der Waals surface area contributed by atoms with E-state index >= 15 is 0 Å². The number of amides is 1. The van der Waals surface area contributed by atoms with Gasteiger partial charge in [-0.05, 0) is 61.9 Å². The summed E-state index contributed by atoms with van der Waals surface area (Å²) in [5.41, 5.74) is 1.30. The third-order valence-corrected chi connectivity index (χ3v) is 7.97. The fourth-order valence-corrected chi connectivity index (χ4v) is 6.18. The molecule has 0 radical (unpaired) electrons. The molecule has 0 bridgehead atoms. The van der Waals surface area contributed by atoms with Crippen molar-refractivity contribution in [2.75, 3.05) is 37.6 Å². The number of thiophene rings is 1. The molecule has 1 N–H and O–H groups in total. The highest BCUT2D eigenvalue weighted by atomic mass is 32.1. The van der Waals surface area contributed by atoms with Crippen LogP contribution in [0, 0.1) is 11.8 Å². The second-order valence-electron chi connectivity index (χ2n) is 8.76. The Morgan fingerprint density at radius 1 is 1.14 bits per heavy atom. The average molecular weight is 399 g/mol. The largest absolute Gasteiger partial charge is 0.367 e. The molecule has 5 nitrogen and oxygen atoms in total. The molecular weight excluding hydrogens is 368 g/mol. The molecule has 150 valence electrons. The zero-order valence-corrected chi connectivity index (χ0v) is 17.3. The van der Waals surface area contributed by atoms with E-state index in [0.717, 1.165) is 50.9 Å². The van der Waals surface area contributed by atoms with Crippen LogP contribution in [0.2, 0.25) is 0 Å². The van der Waals surface area contributed by atoms with E-state index in [1.807, 2.05) is 12.4 Å². The van der Waals surface area contributed by atoms with Crippen LogP contribution < -0.4 is 10.2 Å². The van der Waals surface area contributed by atoms with Gasteiger partial charge in [0.1, 0.15) is 0 Å². The Labute approximate surface area is 171 Å². The van der Waals surface area contributed by atoms with Crippen LogP contribution in [0.3, 0.4) is 0 Å². The highest BCUT2D eigenvalue weighted by Gasteiger charge is 2.34. The van der Waals surface area contributed by atoms with Crippen molar-refractivity contribution in [1.29, 1.82) is 0 Å². The number of rotatable bonds is 4. The molecule has 3 unspecified atom stereocenters. The van der Waals surface area contributed by atoms with E-state index in [4.69, 9.17) is 0 Å². The zero-order valence-electron chi connectivity index (χ0n) is 16.5. The van der Waals surface area contributed by atoms with E-state index in [9.17, 15) is 4.79 Å². The van der Waals surface area contributed by atoms with Crippen LogP contribution in [-0.2, 0) is 4.79 Å². The first-order valence-electron chi connectivity index (χ1n) is 10.8. The summed E-state index contributed by atoms with van der Waals surface area (Å²) in [6.07, 6.45) is 11.0. The van der Waals surface area contributed by atoms with Crippen molar-refractivity contribution in [2.24, 2.45) is 11.8 Å². The molecule has 28 heavy (non-hydrogen) atoms. The first-order chi connectivity index (χ1) is 13.8. The van der Waals surface area contributed by atoms with Crippen molar-refractivity contribution in [3.05, 3.63) is 23.8 Å². The summed E-state index contributed by atoms with van der Waals surface area (Å²) in [6, 6.07) is 2.68. The number of piperidine rings is 1. The molecule has 1 saturated carbocycles. The highest BCUT2D eigenvalue weighted by molar-refractivity contribution is 7.17. The van der Waals surface area contributed by atoms with Crippen molar-refractivity contribution in [3.8, 4) is 0 Å². The fourth-order valence-electron chi connectivity index (χ4n) is 5.41. The minimum atomic E-state index is 0.271. The van der Waals surface area contributed by atoms with Gasteiger partial charge in [-0.15, -0.1) is 11.3 Å². The Morgan fingerprint density at radius 2 is 2.04 bits per heavy atom. The first kappa shape index (κ1) is 18.4. The second kappa shape index (κ2) is 7.99. The summed E-state index contributed by atoms with van der Waals surface area (Å²) >= 11 is 1.77. The number of aromatic nitrogens is 1. The Morgan fingerprint density at radius 3 is 2.93 bits per heavy atom. The number of fused-ring (bicyclic) bond motifs is 2. The number of hydrogen-bond donors (Lipinski definition) is 1. The van der Waals surface area contributed by atoms with Gasteiger partial charge in [0.15, 0.2) is 0 Å². The molecule has 2 aromatic heterocycles. The average Bonchev–Trinajstić information content (AvgIpc) is 3.21. The smallest absolute Gasteiger partial charge is 0.220 e. The molecule has 5 rings (SSSR count). The summed E-state index contributed by atoms with van der Waals surface area (Å²) in [5, 5.41) is 6.77. The fraction of sp³-hybridized carbons (Fsp3) is 0.636. The molecule has 0 spiro atoms. The summed E-state index contributed by atoms with van der Waals surface area (Å²) in [4.78, 5) is 21.3. The van der Waals surface area contributed by atoms with Crippen LogP contribution in [0.15, 0.2) is 23.8 Å². The van der Waals surface area contributed by atoms with E-state index in [1.54, 1.807) is 11.3 Å². The molecule has 3 atom stereocenters. The Bertz CT molecular complexity index is 829. The normalized spacial score (nSPS) is 28.9. The maximum Gasteiger partial charge on any atom is 0.220 e. The van der Waals surface area contributed by atoms with E-state index in [-0.39, 0.29) is 5.91 Å². The van der Waals surface area contributed by atoms with Crippen molar-refractivity contribution in [2.45, 2.75) is 44.6 Å². The molecule has 0 aromatic carbocycles. The van der Waals surface area contributed by atoms with Crippen LogP contribution in [0.25, 0.3) is 10.1 Å². The van der Waals surface area contributed by atoms with E-state index in [1.165, 1.54) is 48.0 Å². The topological polar surface area (TPSA) is 48.5 Å². The number of nitrogens with one attached hydrogen (secondary N) is 1. The summed E-state index contributed by atoms with van der Waals surface area (Å²) in [5.74, 6) is 1.79. The van der Waals surface area contributed by atoms with Crippen LogP contribution >= 0.6 is 11.3 Å². The lowest BCUT2D eigenvalue weighted by atomic mass is 9.73. The van der Waals surface area contributed by atoms with Gasteiger partial charge in [0.25, 0.3) is 0 Å². The van der Waals surface area contributed by atoms with E-state index in [0.29, 0.717) is 6.04 Å². The summed E-state index contributed by atoms with van der Waals surface area (Å²) in [6.45, 7) is 5.64. The van der Waals surface area contributed by atoms with Gasteiger partial charge >= 0.3 is 0 Å². The minimum Gasteiger partial charge on any atom is -0.367 e. The third-order valence-electron chi connectivity index (χ3n) is 7.12. The van der Waals surface area contributed by atoms with Crippen LogP contribution in [0.1, 0.15) is 38.5 Å². The number of piperazine rings is 1. The third kappa shape index (κ3) is 3.77. The van der Waals surface area contributed by atoms with Gasteiger partial charge in [-0.2, -0.15) is 0 Å².